The average molecular weight is 487 g/mol. The van der Waals surface area contributed by atoms with Gasteiger partial charge in [0.25, 0.3) is 11.5 Å². The van der Waals surface area contributed by atoms with E-state index in [1.165, 1.54) is 15.9 Å². The summed E-state index contributed by atoms with van der Waals surface area (Å²) in [5.74, 6) is -0.315. The van der Waals surface area contributed by atoms with Crippen LogP contribution < -0.4 is 14.8 Å². The van der Waals surface area contributed by atoms with E-state index in [9.17, 15) is 14.9 Å². The predicted octanol–water partition coefficient (Wildman–Crippen LogP) is 2.49. The van der Waals surface area contributed by atoms with E-state index in [1.54, 1.807) is 4.90 Å². The molecule has 35 heavy (non-hydrogen) atoms. The van der Waals surface area contributed by atoms with Crippen molar-refractivity contribution in [3.63, 3.8) is 0 Å². The minimum absolute atomic E-state index is 0.0144. The van der Waals surface area contributed by atoms with Gasteiger partial charge < -0.3 is 9.80 Å². The molecule has 0 bridgehead atoms. The maximum absolute atomic E-state index is 13.7. The second kappa shape index (κ2) is 10.4. The highest BCUT2D eigenvalue weighted by molar-refractivity contribution is 7.07. The maximum atomic E-state index is 13.7. The van der Waals surface area contributed by atoms with Crippen LogP contribution in [-0.4, -0.2) is 53.0 Å². The number of carbonyl (C=O) groups is 1. The third-order valence-corrected chi connectivity index (χ3v) is 7.63. The summed E-state index contributed by atoms with van der Waals surface area (Å²) in [6.45, 7) is 11.7. The molecule has 1 amide bonds. The number of aromatic nitrogens is 1. The van der Waals surface area contributed by atoms with Crippen LogP contribution in [-0.2, 0) is 4.79 Å². The molecule has 0 spiro atoms. The van der Waals surface area contributed by atoms with Crippen molar-refractivity contribution in [1.82, 2.24) is 14.4 Å². The van der Waals surface area contributed by atoms with E-state index in [1.807, 2.05) is 63.2 Å². The van der Waals surface area contributed by atoms with Crippen LogP contribution in [0.2, 0.25) is 0 Å². The Hall–Kier alpha value is -3.47. The zero-order valence-electron chi connectivity index (χ0n) is 20.7. The van der Waals surface area contributed by atoms with Crippen LogP contribution in [0.25, 0.3) is 17.3 Å². The molecule has 7 heteroatoms. The number of likely N-dealkylation sites (N-methyl/N-ethyl adjacent to an activating group) is 1. The Morgan fingerprint density at radius 3 is 2.40 bits per heavy atom. The molecule has 0 radical (unpaired) electrons. The molecule has 1 aliphatic heterocycles. The number of hydrogen-bond acceptors (Lipinski definition) is 5. The molecule has 6 nitrogen and oxygen atoms in total. The summed E-state index contributed by atoms with van der Waals surface area (Å²) in [5, 5.41) is 10.1. The molecule has 1 saturated heterocycles. The number of carbonyl (C=O) groups excluding carboxylic acids is 1. The molecular weight excluding hydrogens is 456 g/mol. The molecule has 2 aromatic carbocycles. The van der Waals surface area contributed by atoms with E-state index in [2.05, 4.69) is 24.0 Å². The molecule has 0 aliphatic carbocycles. The van der Waals surface area contributed by atoms with E-state index in [-0.39, 0.29) is 17.0 Å². The summed E-state index contributed by atoms with van der Waals surface area (Å²) in [6, 6.07) is 15.8. The van der Waals surface area contributed by atoms with Gasteiger partial charge in [-0.25, -0.2) is 0 Å². The summed E-state index contributed by atoms with van der Waals surface area (Å²) in [5.41, 5.74) is 4.52. The van der Waals surface area contributed by atoms with Gasteiger partial charge in [-0.2, -0.15) is 5.26 Å². The standard InChI is InChI=1S/C28H30N4O2S/c1-5-30-12-14-31(15-13-30)26(33)23(18-29)28-32(24-9-7-6-8-20(24)3)27(34)25(35-28)17-22-11-10-19(2)16-21(22)4/h6-11,16-17H,5,12-15H2,1-4H3/b25-17-,28-23-. The highest BCUT2D eigenvalue weighted by Gasteiger charge is 2.25. The van der Waals surface area contributed by atoms with E-state index >= 15 is 0 Å². The first-order chi connectivity index (χ1) is 16.8. The average Bonchev–Trinajstić information content (AvgIpc) is 3.17. The molecule has 2 heterocycles. The topological polar surface area (TPSA) is 69.3 Å². The summed E-state index contributed by atoms with van der Waals surface area (Å²) < 4.78 is 2.41. The molecule has 180 valence electrons. The quantitative estimate of drug-likeness (QED) is 0.568. The fraction of sp³-hybridized carbons (Fsp3) is 0.321. The van der Waals surface area contributed by atoms with Gasteiger partial charge in [-0.3, -0.25) is 14.2 Å². The lowest BCUT2D eigenvalue weighted by molar-refractivity contribution is -0.126. The molecule has 1 aromatic heterocycles. The van der Waals surface area contributed by atoms with Crippen LogP contribution in [0.15, 0.2) is 47.3 Å². The lowest BCUT2D eigenvalue weighted by atomic mass is 10.1. The van der Waals surface area contributed by atoms with Gasteiger partial charge in [-0.05, 0) is 56.1 Å². The van der Waals surface area contributed by atoms with E-state index in [0.29, 0.717) is 28.0 Å². The Labute approximate surface area is 209 Å². The van der Waals surface area contributed by atoms with Crippen LogP contribution in [0.5, 0.6) is 0 Å². The molecule has 0 unspecified atom stereocenters. The Morgan fingerprint density at radius 1 is 1.06 bits per heavy atom. The fourth-order valence-electron chi connectivity index (χ4n) is 4.42. The number of benzene rings is 2. The lowest BCUT2D eigenvalue weighted by Gasteiger charge is -2.33. The number of amides is 1. The van der Waals surface area contributed by atoms with Crippen molar-refractivity contribution in [2.45, 2.75) is 27.7 Å². The van der Waals surface area contributed by atoms with Crippen LogP contribution in [0.3, 0.4) is 0 Å². The lowest BCUT2D eigenvalue weighted by Crippen LogP contribution is -2.49. The van der Waals surface area contributed by atoms with Gasteiger partial charge >= 0.3 is 0 Å². The summed E-state index contributed by atoms with van der Waals surface area (Å²) in [7, 11) is 0. The van der Waals surface area contributed by atoms with E-state index in [4.69, 9.17) is 0 Å². The van der Waals surface area contributed by atoms with Crippen molar-refractivity contribution in [2.24, 2.45) is 0 Å². The van der Waals surface area contributed by atoms with Gasteiger partial charge in [0.1, 0.15) is 10.7 Å². The van der Waals surface area contributed by atoms with Crippen LogP contribution in [0, 0.1) is 32.1 Å². The van der Waals surface area contributed by atoms with E-state index < -0.39 is 0 Å². The van der Waals surface area contributed by atoms with Crippen molar-refractivity contribution >= 4 is 28.9 Å². The smallest absolute Gasteiger partial charge is 0.273 e. The number of rotatable bonds is 4. The van der Waals surface area contributed by atoms with Crippen LogP contribution >= 0.6 is 11.3 Å². The highest BCUT2D eigenvalue weighted by Crippen LogP contribution is 2.13. The number of thiazole rings is 1. The van der Waals surface area contributed by atoms with Crippen molar-refractivity contribution in [3.05, 3.63) is 84.3 Å². The Morgan fingerprint density at radius 2 is 1.77 bits per heavy atom. The first kappa shape index (κ1) is 24.6. The number of hydrogen-bond donors (Lipinski definition) is 0. The van der Waals surface area contributed by atoms with Gasteiger partial charge in [0.15, 0.2) is 5.57 Å². The van der Waals surface area contributed by atoms with Crippen molar-refractivity contribution in [2.75, 3.05) is 32.7 Å². The number of nitriles is 1. The van der Waals surface area contributed by atoms with Gasteiger partial charge in [-0.15, -0.1) is 11.3 Å². The second-order valence-corrected chi connectivity index (χ2v) is 9.95. The Balaban J connectivity index is 1.95. The zero-order chi connectivity index (χ0) is 25.1. The summed E-state index contributed by atoms with van der Waals surface area (Å²) in [6.07, 6.45) is 1.86. The van der Waals surface area contributed by atoms with Gasteiger partial charge in [-0.1, -0.05) is 48.9 Å². The van der Waals surface area contributed by atoms with Gasteiger partial charge in [0.05, 0.1) is 10.2 Å². The normalized spacial score (nSPS) is 15.7. The number of aryl methyl sites for hydroxylation is 3. The predicted molar refractivity (Wildman–Crippen MR) is 141 cm³/mol. The second-order valence-electron chi connectivity index (χ2n) is 8.92. The monoisotopic (exact) mass is 486 g/mol. The molecule has 0 N–H and O–H groups in total. The number of piperazine rings is 1. The first-order valence-electron chi connectivity index (χ1n) is 11.9. The van der Waals surface area contributed by atoms with Gasteiger partial charge in [0.2, 0.25) is 0 Å². The van der Waals surface area contributed by atoms with Crippen LogP contribution in [0.1, 0.15) is 29.2 Å². The minimum atomic E-state index is -0.315. The molecule has 4 rings (SSSR count). The minimum Gasteiger partial charge on any atom is -0.335 e. The van der Waals surface area contributed by atoms with Crippen molar-refractivity contribution in [3.8, 4) is 11.8 Å². The first-order valence-corrected chi connectivity index (χ1v) is 12.7. The molecule has 0 atom stereocenters. The van der Waals surface area contributed by atoms with E-state index in [0.717, 1.165) is 41.9 Å². The third-order valence-electron chi connectivity index (χ3n) is 6.54. The van der Waals surface area contributed by atoms with Crippen molar-refractivity contribution in [1.29, 1.82) is 5.26 Å². The largest absolute Gasteiger partial charge is 0.335 e. The van der Waals surface area contributed by atoms with Crippen LogP contribution in [0.4, 0.5) is 0 Å². The SMILES string of the molecule is CCN1CCN(C(=O)/C(C#N)=c2\s/c(=C\c3ccc(C)cc3C)c(=O)n2-c2ccccc2C)CC1. The third kappa shape index (κ3) is 5.00. The Kier molecular flexibility index (Phi) is 7.34. The fourth-order valence-corrected chi connectivity index (χ4v) is 5.50. The number of nitrogens with zero attached hydrogens (tertiary/aromatic N) is 4. The highest BCUT2D eigenvalue weighted by atomic mass is 32.1. The molecular formula is C28H30N4O2S. The van der Waals surface area contributed by atoms with Crippen molar-refractivity contribution < 1.29 is 4.79 Å². The van der Waals surface area contributed by atoms with Gasteiger partial charge in [0, 0.05) is 26.2 Å². The molecule has 1 aliphatic rings. The molecule has 1 fully saturated rings. The zero-order valence-corrected chi connectivity index (χ0v) is 21.5. The Bertz CT molecular complexity index is 1480. The number of para-hydroxylation sites is 1. The maximum Gasteiger partial charge on any atom is 0.273 e. The molecule has 0 saturated carbocycles. The summed E-state index contributed by atoms with van der Waals surface area (Å²) in [4.78, 5) is 31.2. The summed E-state index contributed by atoms with van der Waals surface area (Å²) >= 11 is 1.20. The molecule has 3 aromatic rings.